The summed E-state index contributed by atoms with van der Waals surface area (Å²) in [7, 11) is 3.19. The van der Waals surface area contributed by atoms with Crippen LogP contribution in [0.3, 0.4) is 0 Å². The van der Waals surface area contributed by atoms with Gasteiger partial charge in [-0.25, -0.2) is 0 Å². The molecule has 2 aromatic carbocycles. The molecular weight excluding hydrogens is 395 g/mol. The minimum absolute atomic E-state index is 0.468. The van der Waals surface area contributed by atoms with Crippen LogP contribution in [0, 0.1) is 0 Å². The second kappa shape index (κ2) is 8.66. The van der Waals surface area contributed by atoms with Crippen molar-refractivity contribution < 1.29 is 14.0 Å². The highest BCUT2D eigenvalue weighted by molar-refractivity contribution is 7.97. The molecule has 0 radical (unpaired) electrons. The summed E-state index contributed by atoms with van der Waals surface area (Å²) in [5.41, 5.74) is 1.64. The van der Waals surface area contributed by atoms with Crippen molar-refractivity contribution in [3.05, 3.63) is 57.9 Å². The molecule has 1 heterocycles. The molecular formula is C18H16Cl2N2O3S. The van der Waals surface area contributed by atoms with Crippen LogP contribution in [0.15, 0.2) is 40.9 Å². The van der Waals surface area contributed by atoms with E-state index in [1.165, 1.54) is 0 Å². The Kier molecular flexibility index (Phi) is 6.29. The Hall–Kier alpha value is -1.89. The van der Waals surface area contributed by atoms with E-state index in [0.717, 1.165) is 11.1 Å². The lowest BCUT2D eigenvalue weighted by Crippen LogP contribution is -1.92. The van der Waals surface area contributed by atoms with Crippen LogP contribution < -0.4 is 9.47 Å². The number of rotatable bonds is 7. The maximum Gasteiger partial charge on any atom is 0.236 e. The Morgan fingerprint density at radius 1 is 1.04 bits per heavy atom. The first-order valence-corrected chi connectivity index (χ1v) is 9.59. The molecule has 136 valence electrons. The number of hydrogen-bond acceptors (Lipinski definition) is 6. The summed E-state index contributed by atoms with van der Waals surface area (Å²) in [6.07, 6.45) is 0. The van der Waals surface area contributed by atoms with Crippen molar-refractivity contribution >= 4 is 35.0 Å². The van der Waals surface area contributed by atoms with E-state index in [4.69, 9.17) is 37.2 Å². The van der Waals surface area contributed by atoms with Crippen LogP contribution in [-0.4, -0.2) is 24.4 Å². The molecule has 0 aliphatic heterocycles. The lowest BCUT2D eigenvalue weighted by molar-refractivity contribution is 0.388. The van der Waals surface area contributed by atoms with Gasteiger partial charge in [-0.1, -0.05) is 34.4 Å². The van der Waals surface area contributed by atoms with Crippen molar-refractivity contribution in [2.75, 3.05) is 14.2 Å². The molecule has 0 saturated heterocycles. The third kappa shape index (κ3) is 4.26. The van der Waals surface area contributed by atoms with Gasteiger partial charge < -0.3 is 14.0 Å². The van der Waals surface area contributed by atoms with Crippen LogP contribution in [0.1, 0.15) is 11.5 Å². The summed E-state index contributed by atoms with van der Waals surface area (Å²) in [5, 5.41) is 5.34. The number of thioether (sulfide) groups is 1. The molecule has 3 aromatic rings. The topological polar surface area (TPSA) is 57.4 Å². The van der Waals surface area contributed by atoms with Gasteiger partial charge in [0.25, 0.3) is 0 Å². The Bertz CT molecular complexity index is 882. The first kappa shape index (κ1) is 18.9. The molecule has 0 fully saturated rings. The minimum Gasteiger partial charge on any atom is -0.497 e. The zero-order chi connectivity index (χ0) is 18.5. The summed E-state index contributed by atoms with van der Waals surface area (Å²) < 4.78 is 15.9. The SMILES string of the molecule is COc1ccc(-c2noc(CSCc3c(Cl)cccc3Cl)n2)c(OC)c1. The standard InChI is InChI=1S/C18H16Cl2N2O3S/c1-23-11-6-7-12(16(8-11)24-2)18-21-17(25-22-18)10-26-9-13-14(19)4-3-5-15(13)20/h3-8H,9-10H2,1-2H3. The second-order valence-electron chi connectivity index (χ2n) is 5.27. The average Bonchev–Trinajstić information content (AvgIpc) is 3.12. The lowest BCUT2D eigenvalue weighted by atomic mass is 10.2. The molecule has 0 atom stereocenters. The highest BCUT2D eigenvalue weighted by atomic mass is 35.5. The van der Waals surface area contributed by atoms with Crippen LogP contribution >= 0.6 is 35.0 Å². The number of hydrogen-bond donors (Lipinski definition) is 0. The van der Waals surface area contributed by atoms with E-state index in [0.29, 0.717) is 44.8 Å². The van der Waals surface area contributed by atoms with Gasteiger partial charge in [-0.3, -0.25) is 0 Å². The molecule has 3 rings (SSSR count). The number of nitrogens with zero attached hydrogens (tertiary/aromatic N) is 2. The van der Waals surface area contributed by atoms with Gasteiger partial charge in [0.05, 0.1) is 25.5 Å². The van der Waals surface area contributed by atoms with Gasteiger partial charge in [0.2, 0.25) is 11.7 Å². The average molecular weight is 411 g/mol. The van der Waals surface area contributed by atoms with Crippen LogP contribution in [0.2, 0.25) is 10.0 Å². The van der Waals surface area contributed by atoms with E-state index in [2.05, 4.69) is 10.1 Å². The number of aromatic nitrogens is 2. The molecule has 8 heteroatoms. The Labute approximate surface area is 165 Å². The van der Waals surface area contributed by atoms with Gasteiger partial charge in [-0.15, -0.1) is 11.8 Å². The molecule has 1 aromatic heterocycles. The van der Waals surface area contributed by atoms with E-state index in [1.807, 2.05) is 30.3 Å². The van der Waals surface area contributed by atoms with Crippen LogP contribution in [0.5, 0.6) is 11.5 Å². The van der Waals surface area contributed by atoms with E-state index in [9.17, 15) is 0 Å². The van der Waals surface area contributed by atoms with Crippen LogP contribution in [0.4, 0.5) is 0 Å². The summed E-state index contributed by atoms with van der Waals surface area (Å²) >= 11 is 14.0. The summed E-state index contributed by atoms with van der Waals surface area (Å²) in [6.45, 7) is 0. The molecule has 0 saturated carbocycles. The Morgan fingerprint density at radius 3 is 2.50 bits per heavy atom. The summed E-state index contributed by atoms with van der Waals surface area (Å²) in [5.74, 6) is 3.50. The molecule has 0 unspecified atom stereocenters. The normalized spacial score (nSPS) is 10.8. The van der Waals surface area contributed by atoms with Gasteiger partial charge >= 0.3 is 0 Å². The second-order valence-corrected chi connectivity index (χ2v) is 7.07. The van der Waals surface area contributed by atoms with E-state index >= 15 is 0 Å². The van der Waals surface area contributed by atoms with Crippen molar-refractivity contribution in [1.29, 1.82) is 0 Å². The molecule has 26 heavy (non-hydrogen) atoms. The molecule has 0 aliphatic carbocycles. The smallest absolute Gasteiger partial charge is 0.236 e. The van der Waals surface area contributed by atoms with E-state index in [-0.39, 0.29) is 0 Å². The fourth-order valence-corrected chi connectivity index (χ4v) is 3.92. The maximum atomic E-state index is 6.18. The van der Waals surface area contributed by atoms with Gasteiger partial charge in [-0.05, 0) is 29.8 Å². The molecule has 0 bridgehead atoms. The monoisotopic (exact) mass is 410 g/mol. The summed E-state index contributed by atoms with van der Waals surface area (Å²) in [4.78, 5) is 4.44. The van der Waals surface area contributed by atoms with Gasteiger partial charge in [0.1, 0.15) is 11.5 Å². The third-order valence-electron chi connectivity index (χ3n) is 3.65. The fourth-order valence-electron chi connectivity index (χ4n) is 2.32. The number of methoxy groups -OCH3 is 2. The first-order valence-electron chi connectivity index (χ1n) is 7.68. The van der Waals surface area contributed by atoms with Crippen molar-refractivity contribution in [3.8, 4) is 22.9 Å². The fraction of sp³-hybridized carbons (Fsp3) is 0.222. The number of ether oxygens (including phenoxy) is 2. The van der Waals surface area contributed by atoms with Crippen molar-refractivity contribution in [2.45, 2.75) is 11.5 Å². The molecule has 0 amide bonds. The predicted molar refractivity (Wildman–Crippen MR) is 104 cm³/mol. The van der Waals surface area contributed by atoms with Crippen LogP contribution in [-0.2, 0) is 11.5 Å². The Morgan fingerprint density at radius 2 is 1.81 bits per heavy atom. The van der Waals surface area contributed by atoms with Gasteiger partial charge in [0.15, 0.2) is 0 Å². The van der Waals surface area contributed by atoms with E-state index < -0.39 is 0 Å². The highest BCUT2D eigenvalue weighted by Crippen LogP contribution is 2.33. The van der Waals surface area contributed by atoms with Crippen molar-refractivity contribution in [1.82, 2.24) is 10.1 Å². The highest BCUT2D eigenvalue weighted by Gasteiger charge is 2.15. The van der Waals surface area contributed by atoms with Crippen molar-refractivity contribution in [2.24, 2.45) is 0 Å². The van der Waals surface area contributed by atoms with Gasteiger partial charge in [0, 0.05) is 21.9 Å². The zero-order valence-corrected chi connectivity index (χ0v) is 16.5. The van der Waals surface area contributed by atoms with Crippen LogP contribution in [0.25, 0.3) is 11.4 Å². The quantitative estimate of drug-likeness (QED) is 0.512. The largest absolute Gasteiger partial charge is 0.497 e. The molecule has 0 N–H and O–H groups in total. The van der Waals surface area contributed by atoms with Gasteiger partial charge in [-0.2, -0.15) is 4.98 Å². The van der Waals surface area contributed by atoms with Crippen molar-refractivity contribution in [3.63, 3.8) is 0 Å². The Balaban J connectivity index is 1.69. The molecule has 0 aliphatic rings. The number of halogens is 2. The lowest BCUT2D eigenvalue weighted by Gasteiger charge is -2.07. The summed E-state index contributed by atoms with van der Waals surface area (Å²) in [6, 6.07) is 10.9. The number of benzene rings is 2. The predicted octanol–water partition coefficient (Wildman–Crippen LogP) is 5.49. The maximum absolute atomic E-state index is 6.18. The zero-order valence-electron chi connectivity index (χ0n) is 14.2. The first-order chi connectivity index (χ1) is 12.6. The molecule has 0 spiro atoms. The minimum atomic E-state index is 0.468. The van der Waals surface area contributed by atoms with E-state index in [1.54, 1.807) is 32.0 Å². The molecule has 5 nitrogen and oxygen atoms in total. The third-order valence-corrected chi connectivity index (χ3v) is 5.30.